The van der Waals surface area contributed by atoms with Crippen LogP contribution in [0.15, 0.2) is 34.8 Å². The molecule has 5 nitrogen and oxygen atoms in total. The number of benzene rings is 2. The number of esters is 1. The van der Waals surface area contributed by atoms with Gasteiger partial charge in [0.15, 0.2) is 11.5 Å². The predicted molar refractivity (Wildman–Crippen MR) is 85.2 cm³/mol. The van der Waals surface area contributed by atoms with E-state index in [1.807, 2.05) is 0 Å². The van der Waals surface area contributed by atoms with Gasteiger partial charge in [0.25, 0.3) is 0 Å². The highest BCUT2D eigenvalue weighted by Gasteiger charge is 2.31. The molecule has 0 aromatic heterocycles. The Bertz CT molecular complexity index is 919. The molecule has 2 rings (SSSR count). The molecule has 0 aliphatic rings. The maximum atomic E-state index is 14.2. The Morgan fingerprint density at radius 3 is 2.50 bits per heavy atom. The van der Waals surface area contributed by atoms with Crippen LogP contribution in [0.1, 0.15) is 14.5 Å². The van der Waals surface area contributed by atoms with E-state index in [0.29, 0.717) is 6.07 Å². The Labute approximate surface area is 157 Å². The summed E-state index contributed by atoms with van der Waals surface area (Å²) < 4.78 is 91.3. The predicted octanol–water partition coefficient (Wildman–Crippen LogP) is 5.07. The summed E-state index contributed by atoms with van der Waals surface area (Å²) in [5.74, 6) is -4.38. The second-order valence-electron chi connectivity index (χ2n) is 4.61. The van der Waals surface area contributed by atoms with Crippen molar-refractivity contribution < 1.29 is 45.4 Å². The summed E-state index contributed by atoms with van der Waals surface area (Å²) in [5.41, 5.74) is -0.619. The average molecular weight is 442 g/mol. The van der Waals surface area contributed by atoms with Gasteiger partial charge < -0.3 is 18.9 Å². The van der Waals surface area contributed by atoms with Crippen molar-refractivity contribution in [1.82, 2.24) is 0 Å². The molecule has 0 unspecified atom stereocenters. The topological polar surface area (TPSA) is 54.0 Å². The Hall–Kier alpha value is -2.49. The maximum absolute atomic E-state index is 14.2. The fourth-order valence-electron chi connectivity index (χ4n) is 1.90. The van der Waals surface area contributed by atoms with E-state index in [0.717, 1.165) is 25.3 Å². The fraction of sp³-hybridized carbons (Fsp3) is 0.188. The molecule has 0 saturated carbocycles. The molecule has 0 spiro atoms. The van der Waals surface area contributed by atoms with Crippen molar-refractivity contribution in [1.29, 1.82) is 0 Å². The lowest BCUT2D eigenvalue weighted by Gasteiger charge is -2.15. The van der Waals surface area contributed by atoms with Crippen LogP contribution in [0.25, 0.3) is 0 Å². The lowest BCUT2D eigenvalue weighted by Crippen LogP contribution is -2.17. The number of hydrogen-bond donors (Lipinski definition) is 0. The molecule has 0 atom stereocenters. The van der Waals surface area contributed by atoms with E-state index in [2.05, 4.69) is 30.1 Å². The molecule has 2 aromatic rings. The van der Waals surface area contributed by atoms with Crippen molar-refractivity contribution in [2.45, 2.75) is 6.36 Å². The van der Waals surface area contributed by atoms with Gasteiger partial charge >= 0.3 is 12.3 Å². The van der Waals surface area contributed by atoms with Gasteiger partial charge in [-0.25, -0.2) is 9.18 Å². The minimum absolute atomic E-state index is 0.160. The number of carbonyl (C=O) groups is 1. The molecular formula is C16H11BrF4O5. The summed E-state index contributed by atoms with van der Waals surface area (Å²) >= 11 is 3.01. The van der Waals surface area contributed by atoms with Gasteiger partial charge in [0, 0.05) is 10.5 Å². The fourth-order valence-corrected chi connectivity index (χ4v) is 2.31. The summed E-state index contributed by atoms with van der Waals surface area (Å²) in [5, 5.41) is 0. The molecular weight excluding hydrogens is 428 g/mol. The zero-order chi connectivity index (χ0) is 22.0. The first-order valence-corrected chi connectivity index (χ1v) is 7.42. The molecule has 26 heavy (non-hydrogen) atoms. The molecule has 0 aliphatic carbocycles. The number of methoxy groups -OCH3 is 2. The van der Waals surface area contributed by atoms with E-state index in [-0.39, 0.29) is 4.47 Å². The van der Waals surface area contributed by atoms with Crippen molar-refractivity contribution in [2.24, 2.45) is 0 Å². The van der Waals surface area contributed by atoms with Crippen LogP contribution in [0.3, 0.4) is 0 Å². The zero-order valence-electron chi connectivity index (χ0n) is 15.8. The molecule has 0 fully saturated rings. The number of alkyl halides is 3. The minimum Gasteiger partial charge on any atom is -0.493 e. The molecule has 2 aromatic carbocycles. The van der Waals surface area contributed by atoms with Crippen LogP contribution in [-0.2, 0) is 4.74 Å². The van der Waals surface area contributed by atoms with Crippen LogP contribution in [-0.4, -0.2) is 26.5 Å². The summed E-state index contributed by atoms with van der Waals surface area (Å²) in [6.45, 7) is 0. The van der Waals surface area contributed by atoms with E-state index in [9.17, 15) is 22.4 Å². The highest BCUT2D eigenvalue weighted by Crippen LogP contribution is 2.38. The number of carbonyl (C=O) groups excluding carboxylic acids is 1. The third kappa shape index (κ3) is 4.78. The van der Waals surface area contributed by atoms with Crippen molar-refractivity contribution >= 4 is 21.9 Å². The van der Waals surface area contributed by atoms with Crippen molar-refractivity contribution in [3.8, 4) is 23.0 Å². The number of ether oxygens (including phenoxy) is 4. The van der Waals surface area contributed by atoms with E-state index >= 15 is 0 Å². The van der Waals surface area contributed by atoms with E-state index in [4.69, 9.17) is 8.85 Å². The SMILES string of the molecule is [2H]C([2H])([2H])Oc1cc(OC(F)(F)F)ccc1Oc1cc(Br)cc(F)c1C(=O)OC. The Balaban J connectivity index is 2.53. The highest BCUT2D eigenvalue weighted by atomic mass is 79.9. The molecule has 0 N–H and O–H groups in total. The molecule has 0 heterocycles. The molecule has 0 aliphatic heterocycles. The molecule has 140 valence electrons. The summed E-state index contributed by atoms with van der Waals surface area (Å²) in [6, 6.07) is 4.48. The first-order valence-electron chi connectivity index (χ1n) is 8.13. The third-order valence-corrected chi connectivity index (χ3v) is 3.34. The van der Waals surface area contributed by atoms with Gasteiger partial charge in [-0.05, 0) is 24.3 Å². The van der Waals surface area contributed by atoms with Crippen LogP contribution in [0.4, 0.5) is 17.6 Å². The van der Waals surface area contributed by atoms with Crippen molar-refractivity contribution in [2.75, 3.05) is 14.1 Å². The maximum Gasteiger partial charge on any atom is 0.573 e. The van der Waals surface area contributed by atoms with E-state index in [1.165, 1.54) is 6.07 Å². The quantitative estimate of drug-likeness (QED) is 0.478. The van der Waals surface area contributed by atoms with Gasteiger partial charge in [0.05, 0.1) is 18.3 Å². The second kappa shape index (κ2) is 7.81. The first kappa shape index (κ1) is 15.7. The smallest absolute Gasteiger partial charge is 0.493 e. The van der Waals surface area contributed by atoms with Gasteiger partial charge in [0.1, 0.15) is 22.9 Å². The standard InChI is InChI=1S/C16H11BrF4O5/c1-23-12-7-9(26-16(19,20)21)3-4-11(12)25-13-6-8(17)5-10(18)14(13)15(22)24-2/h3-7H,1-2H3/i1D3. The van der Waals surface area contributed by atoms with Crippen molar-refractivity contribution in [3.63, 3.8) is 0 Å². The minimum atomic E-state index is -5.04. The third-order valence-electron chi connectivity index (χ3n) is 2.89. The molecule has 0 amide bonds. The van der Waals surface area contributed by atoms with Crippen molar-refractivity contribution in [3.05, 3.63) is 46.2 Å². The Morgan fingerprint density at radius 1 is 1.15 bits per heavy atom. The van der Waals surface area contributed by atoms with E-state index in [1.54, 1.807) is 0 Å². The van der Waals surface area contributed by atoms with Gasteiger partial charge in [-0.1, -0.05) is 15.9 Å². The molecule has 0 bridgehead atoms. The number of rotatable bonds is 5. The number of hydrogen-bond acceptors (Lipinski definition) is 5. The molecule has 0 radical (unpaired) electrons. The zero-order valence-corrected chi connectivity index (χ0v) is 14.4. The normalized spacial score (nSPS) is 13.2. The van der Waals surface area contributed by atoms with Crippen LogP contribution >= 0.6 is 15.9 Å². The van der Waals surface area contributed by atoms with Crippen LogP contribution in [0.2, 0.25) is 0 Å². The molecule has 10 heteroatoms. The lowest BCUT2D eigenvalue weighted by molar-refractivity contribution is -0.274. The summed E-state index contributed by atoms with van der Waals surface area (Å²) in [4.78, 5) is 11.9. The van der Waals surface area contributed by atoms with Crippen LogP contribution < -0.4 is 14.2 Å². The van der Waals surface area contributed by atoms with Gasteiger partial charge in [-0.15, -0.1) is 13.2 Å². The van der Waals surface area contributed by atoms with E-state index < -0.39 is 53.7 Å². The molecule has 0 saturated heterocycles. The number of halogens is 5. The van der Waals surface area contributed by atoms with Gasteiger partial charge in [0.2, 0.25) is 0 Å². The first-order chi connectivity index (χ1) is 13.3. The van der Waals surface area contributed by atoms with Gasteiger partial charge in [-0.2, -0.15) is 0 Å². The van der Waals surface area contributed by atoms with Crippen LogP contribution in [0.5, 0.6) is 23.0 Å². The second-order valence-corrected chi connectivity index (χ2v) is 5.53. The Kier molecular flexibility index (Phi) is 4.73. The monoisotopic (exact) mass is 441 g/mol. The highest BCUT2D eigenvalue weighted by molar-refractivity contribution is 9.10. The summed E-state index contributed by atoms with van der Waals surface area (Å²) in [6.07, 6.45) is -5.04. The lowest BCUT2D eigenvalue weighted by atomic mass is 10.2. The average Bonchev–Trinajstić information content (AvgIpc) is 2.53. The van der Waals surface area contributed by atoms with Crippen LogP contribution in [0, 0.1) is 5.82 Å². The van der Waals surface area contributed by atoms with Gasteiger partial charge in [-0.3, -0.25) is 0 Å². The Morgan fingerprint density at radius 2 is 1.88 bits per heavy atom. The summed E-state index contributed by atoms with van der Waals surface area (Å²) in [7, 11) is -2.05. The largest absolute Gasteiger partial charge is 0.573 e.